The molecule has 0 spiro atoms. The zero-order valence-corrected chi connectivity index (χ0v) is 16.4. The van der Waals surface area contributed by atoms with Crippen molar-refractivity contribution in [3.63, 3.8) is 0 Å². The molecule has 0 radical (unpaired) electrons. The Morgan fingerprint density at radius 2 is 1.76 bits per heavy atom. The summed E-state index contributed by atoms with van der Waals surface area (Å²) in [6, 6.07) is 3.96. The average Bonchev–Trinajstić information content (AvgIpc) is 2.59. The molecule has 0 saturated carbocycles. The molecule has 1 fully saturated rings. The fraction of sp³-hybridized carbons (Fsp3) is 0.650. The monoisotopic (exact) mass is 345 g/mol. The predicted molar refractivity (Wildman–Crippen MR) is 99.6 cm³/mol. The average molecular weight is 345 g/mol. The number of aryl methyl sites for hydroxylation is 1. The number of carbonyl (C=O) groups is 2. The van der Waals surface area contributed by atoms with Gasteiger partial charge in [-0.05, 0) is 45.7 Å². The summed E-state index contributed by atoms with van der Waals surface area (Å²) in [4.78, 5) is 33.4. The van der Waals surface area contributed by atoms with E-state index in [4.69, 9.17) is 4.98 Å². The number of likely N-dealkylation sites (tertiary alicyclic amines) is 1. The van der Waals surface area contributed by atoms with Gasteiger partial charge in [-0.25, -0.2) is 0 Å². The molecule has 5 heteroatoms. The van der Waals surface area contributed by atoms with Crippen LogP contribution >= 0.6 is 0 Å². The molecular weight excluding hydrogens is 314 g/mol. The third kappa shape index (κ3) is 4.39. The van der Waals surface area contributed by atoms with Crippen molar-refractivity contribution in [1.82, 2.24) is 14.8 Å². The lowest BCUT2D eigenvalue weighted by Gasteiger charge is -2.34. The van der Waals surface area contributed by atoms with E-state index in [1.54, 1.807) is 4.90 Å². The molecule has 138 valence electrons. The molecule has 5 nitrogen and oxygen atoms in total. The number of hydrogen-bond donors (Lipinski definition) is 0. The Labute approximate surface area is 151 Å². The second-order valence-electron chi connectivity index (χ2n) is 7.65. The first-order valence-electron chi connectivity index (χ1n) is 9.25. The Kier molecular flexibility index (Phi) is 6.20. The van der Waals surface area contributed by atoms with Gasteiger partial charge in [0.2, 0.25) is 5.91 Å². The molecule has 0 atom stereocenters. The van der Waals surface area contributed by atoms with Gasteiger partial charge in [0.15, 0.2) is 0 Å². The van der Waals surface area contributed by atoms with E-state index in [1.807, 2.05) is 58.7 Å². The second-order valence-corrected chi connectivity index (χ2v) is 7.65. The van der Waals surface area contributed by atoms with E-state index in [2.05, 4.69) is 0 Å². The van der Waals surface area contributed by atoms with Gasteiger partial charge < -0.3 is 9.80 Å². The van der Waals surface area contributed by atoms with Crippen LogP contribution in [-0.4, -0.2) is 52.8 Å². The van der Waals surface area contributed by atoms with Gasteiger partial charge in [-0.15, -0.1) is 0 Å². The van der Waals surface area contributed by atoms with Crippen molar-refractivity contribution in [3.05, 3.63) is 29.1 Å². The second kappa shape index (κ2) is 7.98. The van der Waals surface area contributed by atoms with E-state index in [1.165, 1.54) is 0 Å². The summed E-state index contributed by atoms with van der Waals surface area (Å²) in [7, 11) is 1.83. The highest BCUT2D eigenvalue weighted by Gasteiger charge is 2.29. The normalized spacial score (nSPS) is 15.8. The first-order valence-corrected chi connectivity index (χ1v) is 9.25. The molecule has 1 aromatic heterocycles. The molecule has 25 heavy (non-hydrogen) atoms. The van der Waals surface area contributed by atoms with Crippen LogP contribution in [-0.2, 0) is 4.79 Å². The van der Waals surface area contributed by atoms with E-state index in [-0.39, 0.29) is 29.7 Å². The third-order valence-electron chi connectivity index (χ3n) is 5.08. The maximum absolute atomic E-state index is 12.8. The van der Waals surface area contributed by atoms with Crippen LogP contribution in [0.25, 0.3) is 0 Å². The van der Waals surface area contributed by atoms with Crippen LogP contribution in [0.2, 0.25) is 0 Å². The minimum absolute atomic E-state index is 0.0261. The molecule has 0 bridgehead atoms. The van der Waals surface area contributed by atoms with Crippen LogP contribution in [0, 0.1) is 12.8 Å². The molecule has 1 aliphatic heterocycles. The van der Waals surface area contributed by atoms with Gasteiger partial charge in [0.25, 0.3) is 5.91 Å². The third-order valence-corrected chi connectivity index (χ3v) is 5.08. The summed E-state index contributed by atoms with van der Waals surface area (Å²) in [6.45, 7) is 11.3. The van der Waals surface area contributed by atoms with E-state index in [9.17, 15) is 9.59 Å². The highest BCUT2D eigenvalue weighted by Crippen LogP contribution is 2.30. The highest BCUT2D eigenvalue weighted by molar-refractivity contribution is 5.95. The number of amides is 2. The van der Waals surface area contributed by atoms with Crippen LogP contribution in [0.1, 0.15) is 68.2 Å². The lowest BCUT2D eigenvalue weighted by atomic mass is 9.89. The van der Waals surface area contributed by atoms with Gasteiger partial charge in [-0.1, -0.05) is 13.8 Å². The molecule has 0 aliphatic carbocycles. The van der Waals surface area contributed by atoms with E-state index in [0.717, 1.165) is 37.3 Å². The lowest BCUT2D eigenvalue weighted by molar-refractivity contribution is -0.135. The quantitative estimate of drug-likeness (QED) is 0.842. The summed E-state index contributed by atoms with van der Waals surface area (Å²) in [5, 5.41) is 0. The van der Waals surface area contributed by atoms with Gasteiger partial charge in [0.1, 0.15) is 0 Å². The summed E-state index contributed by atoms with van der Waals surface area (Å²) in [6.07, 6.45) is 1.72. The zero-order chi connectivity index (χ0) is 18.7. The molecule has 0 N–H and O–H groups in total. The van der Waals surface area contributed by atoms with E-state index in [0.29, 0.717) is 5.56 Å². The van der Waals surface area contributed by atoms with Crippen LogP contribution in [0.15, 0.2) is 12.1 Å². The maximum atomic E-state index is 12.8. The van der Waals surface area contributed by atoms with Crippen molar-refractivity contribution in [2.75, 3.05) is 20.1 Å². The summed E-state index contributed by atoms with van der Waals surface area (Å²) >= 11 is 0. The SMILES string of the molecule is Cc1ccc(C(=O)N(C)C(C)C)c(C2CCN(C(=O)C(C)C)CC2)n1. The van der Waals surface area contributed by atoms with Gasteiger partial charge in [-0.2, -0.15) is 0 Å². The van der Waals surface area contributed by atoms with Crippen LogP contribution < -0.4 is 0 Å². The van der Waals surface area contributed by atoms with Crippen molar-refractivity contribution in [2.24, 2.45) is 5.92 Å². The van der Waals surface area contributed by atoms with Gasteiger partial charge >= 0.3 is 0 Å². The van der Waals surface area contributed by atoms with E-state index < -0.39 is 0 Å². The molecule has 0 aromatic carbocycles. The molecule has 2 heterocycles. The molecule has 0 unspecified atom stereocenters. The zero-order valence-electron chi connectivity index (χ0n) is 16.4. The first-order chi connectivity index (χ1) is 11.7. The number of aromatic nitrogens is 1. The Morgan fingerprint density at radius 3 is 2.28 bits per heavy atom. The fourth-order valence-corrected chi connectivity index (χ4v) is 3.23. The number of carbonyl (C=O) groups excluding carboxylic acids is 2. The van der Waals surface area contributed by atoms with Crippen molar-refractivity contribution < 1.29 is 9.59 Å². The Balaban J connectivity index is 2.21. The molecule has 1 saturated heterocycles. The van der Waals surface area contributed by atoms with Crippen LogP contribution in [0.3, 0.4) is 0 Å². The smallest absolute Gasteiger partial charge is 0.255 e. The topological polar surface area (TPSA) is 53.5 Å². The number of piperidine rings is 1. The largest absolute Gasteiger partial charge is 0.342 e. The molecule has 2 rings (SSSR count). The highest BCUT2D eigenvalue weighted by atomic mass is 16.2. The molecule has 2 amide bonds. The molecular formula is C20H31N3O2. The summed E-state index contributed by atoms with van der Waals surface area (Å²) < 4.78 is 0. The molecule has 1 aromatic rings. The van der Waals surface area contributed by atoms with Crippen LogP contribution in [0.5, 0.6) is 0 Å². The Hall–Kier alpha value is -1.91. The number of pyridine rings is 1. The Morgan fingerprint density at radius 1 is 1.16 bits per heavy atom. The Bertz CT molecular complexity index is 632. The minimum atomic E-state index is 0.0261. The standard InChI is InChI=1S/C20H31N3O2/c1-13(2)19(24)23-11-9-16(10-12-23)18-17(8-7-15(5)21-18)20(25)22(6)14(3)4/h7-8,13-14,16H,9-12H2,1-6H3. The lowest BCUT2D eigenvalue weighted by Crippen LogP contribution is -2.40. The molecule has 1 aliphatic rings. The number of nitrogens with zero attached hydrogens (tertiary/aromatic N) is 3. The van der Waals surface area contributed by atoms with Gasteiger partial charge in [-0.3, -0.25) is 14.6 Å². The first kappa shape index (κ1) is 19.4. The summed E-state index contributed by atoms with van der Waals surface area (Å²) in [5.74, 6) is 0.505. The van der Waals surface area contributed by atoms with Crippen molar-refractivity contribution in [2.45, 2.75) is 59.4 Å². The predicted octanol–water partition coefficient (Wildman–Crippen LogP) is 3.23. The van der Waals surface area contributed by atoms with Gasteiger partial charge in [0, 0.05) is 43.7 Å². The van der Waals surface area contributed by atoms with Crippen molar-refractivity contribution >= 4 is 11.8 Å². The minimum Gasteiger partial charge on any atom is -0.342 e. The van der Waals surface area contributed by atoms with Crippen molar-refractivity contribution in [3.8, 4) is 0 Å². The van der Waals surface area contributed by atoms with Crippen molar-refractivity contribution in [1.29, 1.82) is 0 Å². The van der Waals surface area contributed by atoms with E-state index >= 15 is 0 Å². The fourth-order valence-electron chi connectivity index (χ4n) is 3.23. The maximum Gasteiger partial charge on any atom is 0.255 e. The summed E-state index contributed by atoms with van der Waals surface area (Å²) in [5.41, 5.74) is 2.53. The van der Waals surface area contributed by atoms with Crippen LogP contribution in [0.4, 0.5) is 0 Å². The number of rotatable bonds is 4. The number of hydrogen-bond acceptors (Lipinski definition) is 3. The van der Waals surface area contributed by atoms with Gasteiger partial charge in [0.05, 0.1) is 11.3 Å².